The maximum absolute atomic E-state index is 14.0. The number of rotatable bonds is 6. The molecule has 3 N–H and O–H groups in total. The Bertz CT molecular complexity index is 815. The quantitative estimate of drug-likeness (QED) is 0.444. The number of nitrogens with one attached hydrogen (secondary N) is 1. The summed E-state index contributed by atoms with van der Waals surface area (Å²) in [5, 5.41) is 2.36. The van der Waals surface area contributed by atoms with E-state index in [2.05, 4.69) is 4.74 Å². The van der Waals surface area contributed by atoms with Crippen molar-refractivity contribution in [2.45, 2.75) is 18.8 Å². The minimum Gasteiger partial charge on any atom is -0.460 e. The standard InChI is InChI=1S/C18H16ClF3N2O3/c1-2-27-16(26)17(18(20,21)22,23-12-8-4-3-5-9-12)24-15(25)13-10-6-7-11-14(13)19/h3-11,23H,2H2,1H3,(H,24,25)/p+1/t17-/m1/s1. The Kier molecular flexibility index (Phi) is 6.45. The Hall–Kier alpha value is -2.58. The summed E-state index contributed by atoms with van der Waals surface area (Å²) < 4.78 is 46.7. The topological polar surface area (TPSA) is 72.0 Å². The van der Waals surface area contributed by atoms with Crippen LogP contribution in [0.4, 0.5) is 18.9 Å². The van der Waals surface area contributed by atoms with Crippen molar-refractivity contribution in [3.63, 3.8) is 0 Å². The number of nitrogens with two attached hydrogens (primary N) is 1. The molecule has 0 aliphatic heterocycles. The van der Waals surface area contributed by atoms with Crippen molar-refractivity contribution >= 4 is 29.2 Å². The predicted molar refractivity (Wildman–Crippen MR) is 92.4 cm³/mol. The summed E-state index contributed by atoms with van der Waals surface area (Å²) in [7, 11) is 0. The smallest absolute Gasteiger partial charge is 0.460 e. The molecule has 1 amide bonds. The third-order valence-corrected chi connectivity index (χ3v) is 3.99. The number of quaternary nitrogens is 1. The molecule has 1 atom stereocenters. The maximum atomic E-state index is 14.0. The van der Waals surface area contributed by atoms with Gasteiger partial charge in [0.15, 0.2) is 0 Å². The number of para-hydroxylation sites is 1. The van der Waals surface area contributed by atoms with Gasteiger partial charge in [0.25, 0.3) is 5.91 Å². The lowest BCUT2D eigenvalue weighted by molar-refractivity contribution is -0.678. The lowest BCUT2D eigenvalue weighted by atomic mass is 10.1. The van der Waals surface area contributed by atoms with Gasteiger partial charge in [0.05, 0.1) is 17.2 Å². The number of carbonyl (C=O) groups excluding carboxylic acids is 2. The minimum absolute atomic E-state index is 0.0466. The van der Waals surface area contributed by atoms with Gasteiger partial charge in [0.1, 0.15) is 5.69 Å². The molecule has 0 bridgehead atoms. The fourth-order valence-electron chi connectivity index (χ4n) is 2.35. The lowest BCUT2D eigenvalue weighted by Gasteiger charge is -2.31. The molecule has 0 radical (unpaired) electrons. The molecule has 2 aromatic carbocycles. The van der Waals surface area contributed by atoms with Crippen LogP contribution in [0.2, 0.25) is 5.02 Å². The van der Waals surface area contributed by atoms with Crippen molar-refractivity contribution in [1.82, 2.24) is 5.32 Å². The van der Waals surface area contributed by atoms with Gasteiger partial charge in [-0.3, -0.25) is 15.4 Å². The number of esters is 1. The summed E-state index contributed by atoms with van der Waals surface area (Å²) in [4.78, 5) is 24.9. The molecule has 0 spiro atoms. The van der Waals surface area contributed by atoms with Crippen LogP contribution in [0.1, 0.15) is 17.3 Å². The van der Waals surface area contributed by atoms with E-state index in [0.717, 1.165) is 0 Å². The van der Waals surface area contributed by atoms with Crippen LogP contribution < -0.4 is 10.6 Å². The molecular weight excluding hydrogens is 385 g/mol. The molecule has 2 aromatic rings. The second kappa shape index (κ2) is 8.41. The van der Waals surface area contributed by atoms with E-state index in [-0.39, 0.29) is 22.9 Å². The van der Waals surface area contributed by atoms with E-state index in [1.165, 1.54) is 55.5 Å². The summed E-state index contributed by atoms with van der Waals surface area (Å²) >= 11 is 5.89. The Balaban J connectivity index is 2.51. The van der Waals surface area contributed by atoms with Crippen molar-refractivity contribution < 1.29 is 32.8 Å². The van der Waals surface area contributed by atoms with Gasteiger partial charge in [-0.1, -0.05) is 41.9 Å². The van der Waals surface area contributed by atoms with Gasteiger partial charge < -0.3 is 4.74 Å². The Morgan fingerprint density at radius 3 is 2.22 bits per heavy atom. The molecule has 0 aliphatic rings. The van der Waals surface area contributed by atoms with Crippen LogP contribution in [0.3, 0.4) is 0 Å². The molecule has 0 fully saturated rings. The van der Waals surface area contributed by atoms with Crippen molar-refractivity contribution in [3.05, 3.63) is 65.2 Å². The number of carbonyl (C=O) groups is 2. The first kappa shape index (κ1) is 20.7. The van der Waals surface area contributed by atoms with Gasteiger partial charge in [-0.05, 0) is 31.2 Å². The number of hydrogen-bond acceptors (Lipinski definition) is 3. The van der Waals surface area contributed by atoms with E-state index < -0.39 is 23.7 Å². The Morgan fingerprint density at radius 2 is 1.67 bits per heavy atom. The Labute approximate surface area is 158 Å². The molecular formula is C18H17ClF3N2O3+. The second-order valence-corrected chi connectivity index (χ2v) is 5.92. The fraction of sp³-hybridized carbons (Fsp3) is 0.222. The molecule has 144 valence electrons. The van der Waals surface area contributed by atoms with Crippen LogP contribution in [0.15, 0.2) is 54.6 Å². The highest BCUT2D eigenvalue weighted by molar-refractivity contribution is 6.33. The van der Waals surface area contributed by atoms with Crippen LogP contribution in [0.25, 0.3) is 0 Å². The first-order valence-electron chi connectivity index (χ1n) is 7.93. The van der Waals surface area contributed by atoms with E-state index in [9.17, 15) is 22.8 Å². The number of ether oxygens (including phenoxy) is 1. The molecule has 2 rings (SSSR count). The van der Waals surface area contributed by atoms with Crippen molar-refractivity contribution in [3.8, 4) is 0 Å². The minimum atomic E-state index is -5.16. The zero-order chi connectivity index (χ0) is 20.1. The van der Waals surface area contributed by atoms with E-state index in [1.807, 2.05) is 0 Å². The number of benzene rings is 2. The molecule has 5 nitrogen and oxygen atoms in total. The third-order valence-electron chi connectivity index (χ3n) is 3.66. The highest BCUT2D eigenvalue weighted by atomic mass is 35.5. The molecule has 0 aliphatic carbocycles. The number of hydrogen-bond donors (Lipinski definition) is 2. The highest BCUT2D eigenvalue weighted by Gasteiger charge is 2.68. The zero-order valence-corrected chi connectivity index (χ0v) is 15.0. The largest absolute Gasteiger partial charge is 0.478 e. The maximum Gasteiger partial charge on any atom is 0.478 e. The van der Waals surface area contributed by atoms with Gasteiger partial charge in [-0.25, -0.2) is 4.79 Å². The lowest BCUT2D eigenvalue weighted by Crippen LogP contribution is -3.03. The summed E-state index contributed by atoms with van der Waals surface area (Å²) in [6.45, 7) is 1.08. The third kappa shape index (κ3) is 4.58. The molecule has 0 saturated heterocycles. The summed E-state index contributed by atoms with van der Waals surface area (Å²) in [5.74, 6) is -2.79. The van der Waals surface area contributed by atoms with Gasteiger partial charge in [0.2, 0.25) is 0 Å². The Morgan fingerprint density at radius 1 is 1.07 bits per heavy atom. The van der Waals surface area contributed by atoms with Crippen LogP contribution in [0, 0.1) is 0 Å². The monoisotopic (exact) mass is 401 g/mol. The number of halogens is 4. The highest BCUT2D eigenvalue weighted by Crippen LogP contribution is 2.28. The van der Waals surface area contributed by atoms with E-state index in [1.54, 1.807) is 11.4 Å². The van der Waals surface area contributed by atoms with Crippen LogP contribution >= 0.6 is 11.6 Å². The summed E-state index contributed by atoms with van der Waals surface area (Å²) in [6.07, 6.45) is -5.16. The first-order chi connectivity index (χ1) is 12.7. The predicted octanol–water partition coefficient (Wildman–Crippen LogP) is 2.79. The molecule has 0 saturated carbocycles. The number of alkyl halides is 3. The SMILES string of the molecule is CCOC(=O)[C@](NC(=O)c1ccccc1Cl)([NH2+]c1ccccc1)C(F)(F)F. The molecule has 0 heterocycles. The van der Waals surface area contributed by atoms with E-state index >= 15 is 0 Å². The van der Waals surface area contributed by atoms with Crippen molar-refractivity contribution in [2.24, 2.45) is 0 Å². The van der Waals surface area contributed by atoms with Crippen LogP contribution in [-0.4, -0.2) is 30.3 Å². The van der Waals surface area contributed by atoms with Gasteiger partial charge >= 0.3 is 17.8 Å². The fourth-order valence-corrected chi connectivity index (χ4v) is 2.57. The summed E-state index contributed by atoms with van der Waals surface area (Å²) in [5.41, 5.74) is -3.48. The normalized spacial score (nSPS) is 13.5. The van der Waals surface area contributed by atoms with E-state index in [4.69, 9.17) is 11.6 Å². The van der Waals surface area contributed by atoms with Crippen LogP contribution in [-0.2, 0) is 9.53 Å². The molecule has 27 heavy (non-hydrogen) atoms. The first-order valence-corrected chi connectivity index (χ1v) is 8.31. The average Bonchev–Trinajstić information content (AvgIpc) is 2.61. The van der Waals surface area contributed by atoms with Crippen molar-refractivity contribution in [1.29, 1.82) is 0 Å². The van der Waals surface area contributed by atoms with Crippen molar-refractivity contribution in [2.75, 3.05) is 6.61 Å². The van der Waals surface area contributed by atoms with Crippen LogP contribution in [0.5, 0.6) is 0 Å². The average molecular weight is 402 g/mol. The van der Waals surface area contributed by atoms with Gasteiger partial charge in [-0.15, -0.1) is 0 Å². The molecule has 0 aromatic heterocycles. The van der Waals surface area contributed by atoms with Gasteiger partial charge in [0, 0.05) is 0 Å². The molecule has 0 unspecified atom stereocenters. The number of amides is 1. The second-order valence-electron chi connectivity index (χ2n) is 5.52. The van der Waals surface area contributed by atoms with Gasteiger partial charge in [-0.2, -0.15) is 13.2 Å². The molecule has 9 heteroatoms. The summed E-state index contributed by atoms with van der Waals surface area (Å²) in [6, 6.07) is 13.0. The van der Waals surface area contributed by atoms with E-state index in [0.29, 0.717) is 5.32 Å². The zero-order valence-electron chi connectivity index (χ0n) is 14.2.